The van der Waals surface area contributed by atoms with Crippen molar-refractivity contribution in [2.45, 2.75) is 0 Å². The first-order valence-electron chi connectivity index (χ1n) is 3.84. The summed E-state index contributed by atoms with van der Waals surface area (Å²) in [5, 5.41) is 0. The van der Waals surface area contributed by atoms with Crippen LogP contribution in [0.1, 0.15) is 5.56 Å². The Bertz CT molecular complexity index is 373. The van der Waals surface area contributed by atoms with Crippen molar-refractivity contribution in [3.05, 3.63) is 32.7 Å². The summed E-state index contributed by atoms with van der Waals surface area (Å²) in [5.41, 5.74) is 0.848. The topological polar surface area (TPSA) is 26.3 Å². The van der Waals surface area contributed by atoms with E-state index in [2.05, 4.69) is 31.9 Å². The molecule has 0 aromatic heterocycles. The van der Waals surface area contributed by atoms with Crippen LogP contribution in [0.2, 0.25) is 0 Å². The average molecular weight is 320 g/mol. The van der Waals surface area contributed by atoms with E-state index in [4.69, 9.17) is 4.74 Å². The lowest BCUT2D eigenvalue weighted by Crippen LogP contribution is -1.88. The van der Waals surface area contributed by atoms with Gasteiger partial charge in [0.1, 0.15) is 12.0 Å². The van der Waals surface area contributed by atoms with E-state index < -0.39 is 0 Å². The number of rotatable bonds is 3. The Labute approximate surface area is 99.2 Å². The lowest BCUT2D eigenvalue weighted by Gasteiger charge is -2.07. The second-order valence-corrected chi connectivity index (χ2v) is 4.28. The number of benzene rings is 1. The largest absolute Gasteiger partial charge is 0.495 e. The summed E-state index contributed by atoms with van der Waals surface area (Å²) in [6.07, 6.45) is 3.85. The number of ether oxygens (including phenoxy) is 1. The Morgan fingerprint density at radius 2 is 2.07 bits per heavy atom. The standard InChI is InChI=1S/C10H8Br2O2/c1-14-10-7(3-2-4-13)5-8(11)6-9(10)12/h2-6H,1H3/b3-2+. The van der Waals surface area contributed by atoms with Crippen LogP contribution in [0.4, 0.5) is 0 Å². The van der Waals surface area contributed by atoms with Gasteiger partial charge >= 0.3 is 0 Å². The summed E-state index contributed by atoms with van der Waals surface area (Å²) in [4.78, 5) is 10.2. The summed E-state index contributed by atoms with van der Waals surface area (Å²) in [6.45, 7) is 0. The number of hydrogen-bond acceptors (Lipinski definition) is 2. The molecular weight excluding hydrogens is 312 g/mol. The Kier molecular flexibility index (Phi) is 4.35. The number of halogens is 2. The van der Waals surface area contributed by atoms with Crippen LogP contribution in [0.3, 0.4) is 0 Å². The van der Waals surface area contributed by atoms with Crippen molar-refractivity contribution in [2.75, 3.05) is 7.11 Å². The molecule has 2 nitrogen and oxygen atoms in total. The minimum Gasteiger partial charge on any atom is -0.495 e. The molecule has 0 saturated heterocycles. The summed E-state index contributed by atoms with van der Waals surface area (Å²) in [7, 11) is 1.59. The lowest BCUT2D eigenvalue weighted by atomic mass is 10.2. The van der Waals surface area contributed by atoms with Gasteiger partial charge in [-0.25, -0.2) is 0 Å². The molecule has 1 rings (SSSR count). The van der Waals surface area contributed by atoms with Crippen LogP contribution >= 0.6 is 31.9 Å². The molecule has 0 unspecified atom stereocenters. The van der Waals surface area contributed by atoms with Gasteiger partial charge in [0.25, 0.3) is 0 Å². The highest BCUT2D eigenvalue weighted by atomic mass is 79.9. The highest BCUT2D eigenvalue weighted by molar-refractivity contribution is 9.11. The van der Waals surface area contributed by atoms with E-state index >= 15 is 0 Å². The molecule has 0 bridgehead atoms. The van der Waals surface area contributed by atoms with Gasteiger partial charge in [0.05, 0.1) is 11.6 Å². The van der Waals surface area contributed by atoms with Crippen LogP contribution in [0.15, 0.2) is 27.2 Å². The van der Waals surface area contributed by atoms with Crippen molar-refractivity contribution < 1.29 is 9.53 Å². The molecule has 0 amide bonds. The first kappa shape index (κ1) is 11.5. The fourth-order valence-electron chi connectivity index (χ4n) is 1.06. The number of aldehydes is 1. The molecule has 0 heterocycles. The van der Waals surface area contributed by atoms with Crippen LogP contribution in [0.5, 0.6) is 5.75 Å². The Hall–Kier alpha value is -0.610. The SMILES string of the molecule is COc1c(Br)cc(Br)cc1/C=C/C=O. The normalized spacial score (nSPS) is 10.5. The van der Waals surface area contributed by atoms with Gasteiger partial charge in [0, 0.05) is 10.0 Å². The van der Waals surface area contributed by atoms with E-state index in [1.807, 2.05) is 12.1 Å². The van der Waals surface area contributed by atoms with E-state index in [1.165, 1.54) is 6.08 Å². The Morgan fingerprint density at radius 1 is 1.36 bits per heavy atom. The van der Waals surface area contributed by atoms with Crippen LogP contribution in [-0.2, 0) is 4.79 Å². The molecule has 0 saturated carbocycles. The highest BCUT2D eigenvalue weighted by Crippen LogP contribution is 2.33. The average Bonchev–Trinajstić information content (AvgIpc) is 2.14. The maximum atomic E-state index is 10.2. The molecule has 14 heavy (non-hydrogen) atoms. The zero-order valence-corrected chi connectivity index (χ0v) is 10.6. The van der Waals surface area contributed by atoms with Gasteiger partial charge in [-0.1, -0.05) is 15.9 Å². The molecule has 0 N–H and O–H groups in total. The second-order valence-electron chi connectivity index (χ2n) is 2.51. The molecule has 4 heteroatoms. The van der Waals surface area contributed by atoms with E-state index in [-0.39, 0.29) is 0 Å². The van der Waals surface area contributed by atoms with Gasteiger partial charge in [-0.15, -0.1) is 0 Å². The first-order chi connectivity index (χ1) is 6.69. The maximum absolute atomic E-state index is 10.2. The van der Waals surface area contributed by atoms with Crippen LogP contribution in [0.25, 0.3) is 6.08 Å². The zero-order chi connectivity index (χ0) is 10.6. The summed E-state index contributed by atoms with van der Waals surface area (Å²) >= 11 is 6.73. The van der Waals surface area contributed by atoms with Crippen molar-refractivity contribution in [1.29, 1.82) is 0 Å². The number of carbonyl (C=O) groups is 1. The predicted octanol–water partition coefficient (Wildman–Crippen LogP) is 3.43. The van der Waals surface area contributed by atoms with E-state index in [0.29, 0.717) is 5.75 Å². The third-order valence-electron chi connectivity index (χ3n) is 1.60. The molecular formula is C10H8Br2O2. The van der Waals surface area contributed by atoms with Crippen molar-refractivity contribution in [1.82, 2.24) is 0 Å². The second kappa shape index (κ2) is 5.32. The summed E-state index contributed by atoms with van der Waals surface area (Å²) in [6, 6.07) is 3.76. The van der Waals surface area contributed by atoms with E-state index in [9.17, 15) is 4.79 Å². The van der Waals surface area contributed by atoms with Crippen molar-refractivity contribution in [3.63, 3.8) is 0 Å². The monoisotopic (exact) mass is 318 g/mol. The molecule has 0 spiro atoms. The smallest absolute Gasteiger partial charge is 0.142 e. The first-order valence-corrected chi connectivity index (χ1v) is 5.42. The van der Waals surface area contributed by atoms with Gasteiger partial charge < -0.3 is 4.74 Å². The lowest BCUT2D eigenvalue weighted by molar-refractivity contribution is -0.104. The van der Waals surface area contributed by atoms with Gasteiger partial charge in [0.2, 0.25) is 0 Å². The van der Waals surface area contributed by atoms with Crippen LogP contribution in [-0.4, -0.2) is 13.4 Å². The van der Waals surface area contributed by atoms with Crippen molar-refractivity contribution in [2.24, 2.45) is 0 Å². The molecule has 1 aromatic carbocycles. The molecule has 1 aromatic rings. The van der Waals surface area contributed by atoms with Gasteiger partial charge in [-0.2, -0.15) is 0 Å². The molecule has 0 radical (unpaired) electrons. The number of allylic oxidation sites excluding steroid dienone is 1. The fourth-order valence-corrected chi connectivity index (χ4v) is 2.48. The third-order valence-corrected chi connectivity index (χ3v) is 2.64. The molecule has 0 fully saturated rings. The van der Waals surface area contributed by atoms with Gasteiger partial charge in [-0.3, -0.25) is 4.79 Å². The maximum Gasteiger partial charge on any atom is 0.142 e. The fraction of sp³-hybridized carbons (Fsp3) is 0.100. The molecule has 0 aliphatic carbocycles. The molecule has 0 atom stereocenters. The van der Waals surface area contributed by atoms with Crippen molar-refractivity contribution in [3.8, 4) is 5.75 Å². The Balaban J connectivity index is 3.24. The summed E-state index contributed by atoms with van der Waals surface area (Å²) in [5.74, 6) is 0.714. The molecule has 0 aliphatic heterocycles. The van der Waals surface area contributed by atoms with Crippen LogP contribution in [0, 0.1) is 0 Å². The molecule has 0 aliphatic rings. The van der Waals surface area contributed by atoms with Gasteiger partial charge in [-0.05, 0) is 40.2 Å². The van der Waals surface area contributed by atoms with E-state index in [0.717, 1.165) is 20.8 Å². The summed E-state index contributed by atoms with van der Waals surface area (Å²) < 4.78 is 6.97. The van der Waals surface area contributed by atoms with E-state index in [1.54, 1.807) is 13.2 Å². The zero-order valence-electron chi connectivity index (χ0n) is 7.46. The van der Waals surface area contributed by atoms with Crippen LogP contribution < -0.4 is 4.74 Å². The number of methoxy groups -OCH3 is 1. The van der Waals surface area contributed by atoms with Crippen molar-refractivity contribution >= 4 is 44.2 Å². The minimum atomic E-state index is 0.714. The van der Waals surface area contributed by atoms with Gasteiger partial charge in [0.15, 0.2) is 0 Å². The number of hydrogen-bond donors (Lipinski definition) is 0. The molecule has 74 valence electrons. The minimum absolute atomic E-state index is 0.714. The number of carbonyl (C=O) groups excluding carboxylic acids is 1. The quantitative estimate of drug-likeness (QED) is 0.630. The predicted molar refractivity (Wildman–Crippen MR) is 63.5 cm³/mol. The highest BCUT2D eigenvalue weighted by Gasteiger charge is 2.06. The Morgan fingerprint density at radius 3 is 2.64 bits per heavy atom. The third kappa shape index (κ3) is 2.69.